The topological polar surface area (TPSA) is 114 Å². The molecule has 508 valence electrons. The van der Waals surface area contributed by atoms with Gasteiger partial charge in [0.05, 0.1) is 33.8 Å². The average Bonchev–Trinajstić information content (AvgIpc) is 3.65. The monoisotopic (exact) mass is 1230 g/mol. The van der Waals surface area contributed by atoms with Gasteiger partial charge in [-0.2, -0.15) is 0 Å². The van der Waals surface area contributed by atoms with Crippen LogP contribution in [0.5, 0.6) is 0 Å². The van der Waals surface area contributed by atoms with E-state index >= 15 is 0 Å². The molecular weight excluding hydrogens is 1080 g/mol. The number of hydrogen-bond acceptors (Lipinski definition) is 7. The van der Waals surface area contributed by atoms with E-state index in [4.69, 9.17) is 13.8 Å². The standard InChI is InChI=1S/C76H147N2O7P/c1-7-10-13-16-19-22-25-28-30-32-34-36-38-39-41-43-45-47-49-51-54-57-60-63-66-69-76(80)85-74(67-64-61-58-55-52-27-24-21-18-15-12-9-3)73(72-84-86(81,82)83-71-70-78(4,5)6)77-75(79)68-65-62-59-56-53-50-48-46-44-42-40-37-35-33-31-29-26-23-20-17-14-11-8-2/h28-31,64,67,73-74H,7-27,32-63,65-66,68-72H2,1-6H3,(H-,77,79,81,82)/b30-28+,31-29+,67-64+. The van der Waals surface area contributed by atoms with Crippen LogP contribution in [0, 0.1) is 0 Å². The van der Waals surface area contributed by atoms with E-state index in [-0.39, 0.29) is 31.5 Å². The average molecular weight is 1230 g/mol. The lowest BCUT2D eigenvalue weighted by Crippen LogP contribution is -2.47. The molecule has 0 spiro atoms. The largest absolute Gasteiger partial charge is 0.756 e. The molecule has 0 aliphatic heterocycles. The second kappa shape index (κ2) is 66.2. The maximum Gasteiger partial charge on any atom is 0.306 e. The Kier molecular flexibility index (Phi) is 64.8. The van der Waals surface area contributed by atoms with Crippen molar-refractivity contribution < 1.29 is 37.3 Å². The summed E-state index contributed by atoms with van der Waals surface area (Å²) in [5, 5.41) is 3.05. The summed E-state index contributed by atoms with van der Waals surface area (Å²) in [6, 6.07) is -0.886. The molecule has 0 aromatic carbocycles. The zero-order chi connectivity index (χ0) is 62.8. The van der Waals surface area contributed by atoms with Gasteiger partial charge >= 0.3 is 5.97 Å². The molecule has 3 unspecified atom stereocenters. The third-order valence-corrected chi connectivity index (χ3v) is 18.3. The first-order valence-corrected chi connectivity index (χ1v) is 39.3. The van der Waals surface area contributed by atoms with Gasteiger partial charge in [-0.25, -0.2) is 0 Å². The number of likely N-dealkylation sites (N-methyl/N-ethyl adjacent to an activating group) is 1. The van der Waals surface area contributed by atoms with Gasteiger partial charge in [-0.05, 0) is 83.1 Å². The minimum absolute atomic E-state index is 0.0192. The highest BCUT2D eigenvalue weighted by Crippen LogP contribution is 2.38. The summed E-state index contributed by atoms with van der Waals surface area (Å²) < 4.78 is 30.5. The molecule has 1 N–H and O–H groups in total. The fourth-order valence-electron chi connectivity index (χ4n) is 11.5. The Morgan fingerprint density at radius 1 is 0.395 bits per heavy atom. The highest BCUT2D eigenvalue weighted by Gasteiger charge is 2.27. The minimum Gasteiger partial charge on any atom is -0.756 e. The zero-order valence-electron chi connectivity index (χ0n) is 58.3. The van der Waals surface area contributed by atoms with Gasteiger partial charge in [-0.3, -0.25) is 14.2 Å². The lowest BCUT2D eigenvalue weighted by Gasteiger charge is -2.30. The van der Waals surface area contributed by atoms with E-state index in [0.717, 1.165) is 57.8 Å². The zero-order valence-corrected chi connectivity index (χ0v) is 59.2. The fraction of sp³-hybridized carbons (Fsp3) is 0.895. The fourth-order valence-corrected chi connectivity index (χ4v) is 12.2. The number of carbonyl (C=O) groups is 2. The maximum atomic E-state index is 13.6. The van der Waals surface area contributed by atoms with Crippen molar-refractivity contribution in [2.75, 3.05) is 40.9 Å². The van der Waals surface area contributed by atoms with E-state index in [1.54, 1.807) is 0 Å². The number of nitrogens with zero attached hydrogens (tertiary/aromatic N) is 1. The van der Waals surface area contributed by atoms with Gasteiger partial charge in [0.2, 0.25) is 5.91 Å². The van der Waals surface area contributed by atoms with Gasteiger partial charge in [0.25, 0.3) is 7.82 Å². The molecule has 0 aliphatic rings. The number of phosphoric acid groups is 1. The third kappa shape index (κ3) is 66.6. The van der Waals surface area contributed by atoms with Crippen molar-refractivity contribution in [1.82, 2.24) is 5.32 Å². The summed E-state index contributed by atoms with van der Waals surface area (Å²) in [7, 11) is 1.20. The van der Waals surface area contributed by atoms with Crippen molar-refractivity contribution in [2.24, 2.45) is 0 Å². The van der Waals surface area contributed by atoms with E-state index in [2.05, 4.69) is 50.4 Å². The van der Waals surface area contributed by atoms with Crippen LogP contribution in [0.3, 0.4) is 0 Å². The van der Waals surface area contributed by atoms with E-state index in [0.29, 0.717) is 17.4 Å². The molecule has 0 rings (SSSR count). The van der Waals surface area contributed by atoms with E-state index < -0.39 is 20.0 Å². The molecule has 0 bridgehead atoms. The molecule has 86 heavy (non-hydrogen) atoms. The van der Waals surface area contributed by atoms with Crippen LogP contribution in [0.1, 0.15) is 387 Å². The summed E-state index contributed by atoms with van der Waals surface area (Å²) in [4.78, 5) is 40.2. The molecule has 10 heteroatoms. The van der Waals surface area contributed by atoms with Crippen molar-refractivity contribution in [3.63, 3.8) is 0 Å². The Balaban J connectivity index is 4.97. The molecule has 0 saturated carbocycles. The van der Waals surface area contributed by atoms with Crippen molar-refractivity contribution in [3.05, 3.63) is 36.5 Å². The summed E-state index contributed by atoms with van der Waals surface area (Å²) in [6.07, 6.45) is 82.8. The third-order valence-electron chi connectivity index (χ3n) is 17.3. The number of esters is 1. The van der Waals surface area contributed by atoms with Crippen molar-refractivity contribution in [3.8, 4) is 0 Å². The molecular formula is C76H147N2O7P. The summed E-state index contributed by atoms with van der Waals surface area (Å²) in [5.41, 5.74) is 0. The first-order valence-electron chi connectivity index (χ1n) is 37.8. The van der Waals surface area contributed by atoms with Crippen molar-refractivity contribution >= 4 is 19.7 Å². The van der Waals surface area contributed by atoms with Crippen LogP contribution in [0.2, 0.25) is 0 Å². The van der Waals surface area contributed by atoms with E-state index in [1.165, 1.54) is 295 Å². The highest BCUT2D eigenvalue weighted by atomic mass is 31.2. The SMILES string of the molecule is CCCCCCCC/C=C/CCCCCCCCCCCCCCCCCC(=O)OC(/C=C/CCCCCCCCCCCC)C(COP(=O)([O-])OCC[N+](C)(C)C)NC(=O)CCCCCCCCCCCCCCC/C=C/CCCCCCCC. The number of amides is 1. The van der Waals surface area contributed by atoms with Gasteiger partial charge in [-0.15, -0.1) is 0 Å². The van der Waals surface area contributed by atoms with Gasteiger partial charge in [-0.1, -0.05) is 327 Å². The van der Waals surface area contributed by atoms with Crippen LogP contribution in [-0.4, -0.2) is 69.4 Å². The van der Waals surface area contributed by atoms with Crippen LogP contribution in [0.15, 0.2) is 36.5 Å². The number of allylic oxidation sites excluding steroid dienone is 5. The molecule has 0 radical (unpaired) electrons. The molecule has 1 amide bonds. The quantitative estimate of drug-likeness (QED) is 0.0212. The Morgan fingerprint density at radius 3 is 0.988 bits per heavy atom. The number of quaternary nitrogens is 1. The number of phosphoric ester groups is 1. The van der Waals surface area contributed by atoms with Gasteiger partial charge in [0.15, 0.2) is 0 Å². The summed E-state index contributed by atoms with van der Waals surface area (Å²) >= 11 is 0. The Morgan fingerprint density at radius 2 is 0.674 bits per heavy atom. The number of carbonyl (C=O) groups excluding carboxylic acids is 2. The highest BCUT2D eigenvalue weighted by molar-refractivity contribution is 7.45. The van der Waals surface area contributed by atoms with Gasteiger partial charge in [0, 0.05) is 12.8 Å². The molecule has 0 aromatic heterocycles. The van der Waals surface area contributed by atoms with Crippen LogP contribution in [0.25, 0.3) is 0 Å². The number of nitrogens with one attached hydrogen (secondary N) is 1. The number of unbranched alkanes of at least 4 members (excludes halogenated alkanes) is 50. The number of ether oxygens (including phenoxy) is 1. The van der Waals surface area contributed by atoms with Crippen molar-refractivity contribution in [2.45, 2.75) is 399 Å². The van der Waals surface area contributed by atoms with Gasteiger partial charge in [0.1, 0.15) is 19.3 Å². The van der Waals surface area contributed by atoms with Crippen LogP contribution >= 0.6 is 7.82 Å². The lowest BCUT2D eigenvalue weighted by molar-refractivity contribution is -0.870. The van der Waals surface area contributed by atoms with E-state index in [1.807, 2.05) is 33.3 Å². The van der Waals surface area contributed by atoms with Crippen molar-refractivity contribution in [1.29, 1.82) is 0 Å². The maximum absolute atomic E-state index is 13.6. The predicted octanol–water partition coefficient (Wildman–Crippen LogP) is 23.6. The second-order valence-electron chi connectivity index (χ2n) is 27.1. The summed E-state index contributed by atoms with van der Waals surface area (Å²) in [6.45, 7) is 6.90. The molecule has 9 nitrogen and oxygen atoms in total. The minimum atomic E-state index is -4.70. The molecule has 0 aromatic rings. The van der Waals surface area contributed by atoms with E-state index in [9.17, 15) is 19.0 Å². The molecule has 0 heterocycles. The Hall–Kier alpha value is -1.77. The number of rotatable bonds is 70. The number of hydrogen-bond donors (Lipinski definition) is 1. The molecule has 0 aliphatic carbocycles. The van der Waals surface area contributed by atoms with Crippen LogP contribution < -0.4 is 10.2 Å². The second-order valence-corrected chi connectivity index (χ2v) is 28.6. The molecule has 3 atom stereocenters. The van der Waals surface area contributed by atoms with Gasteiger partial charge < -0.3 is 28.5 Å². The Labute approximate surface area is 536 Å². The normalized spacial score (nSPS) is 13.6. The smallest absolute Gasteiger partial charge is 0.306 e. The van der Waals surface area contributed by atoms with Crippen LogP contribution in [-0.2, 0) is 27.9 Å². The first kappa shape index (κ1) is 84.2. The molecule has 0 saturated heterocycles. The molecule has 0 fully saturated rings. The Bertz CT molecular complexity index is 1560. The summed E-state index contributed by atoms with van der Waals surface area (Å²) in [5.74, 6) is -0.519. The lowest BCUT2D eigenvalue weighted by atomic mass is 10.0. The first-order chi connectivity index (χ1) is 41.9. The predicted molar refractivity (Wildman–Crippen MR) is 372 cm³/mol. The van der Waals surface area contributed by atoms with Crippen LogP contribution in [0.4, 0.5) is 0 Å².